The van der Waals surface area contributed by atoms with Crippen molar-refractivity contribution < 1.29 is 0 Å². The molecule has 0 heterocycles. The van der Waals surface area contributed by atoms with Gasteiger partial charge in [-0.15, -0.1) is 0 Å². The van der Waals surface area contributed by atoms with Crippen molar-refractivity contribution in [2.45, 2.75) is 51.0 Å². The lowest BCUT2D eigenvalue weighted by Gasteiger charge is -2.22. The average Bonchev–Trinajstić information content (AvgIpc) is 1.84. The van der Waals surface area contributed by atoms with Gasteiger partial charge in [0.2, 0.25) is 0 Å². The number of halogens is 2. The first-order valence-electron chi connectivity index (χ1n) is 4.41. The summed E-state index contributed by atoms with van der Waals surface area (Å²) in [5.41, 5.74) is 0. The van der Waals surface area contributed by atoms with Gasteiger partial charge in [0.1, 0.15) is 0 Å². The second-order valence-electron chi connectivity index (χ2n) is 3.26. The van der Waals surface area contributed by atoms with E-state index < -0.39 is 0 Å². The van der Waals surface area contributed by atoms with Crippen molar-refractivity contribution in [1.82, 2.24) is 1.33 Å². The van der Waals surface area contributed by atoms with Crippen LogP contribution in [0.4, 0.5) is 0 Å². The van der Waals surface area contributed by atoms with Crippen molar-refractivity contribution in [1.29, 1.82) is 0 Å². The van der Waals surface area contributed by atoms with E-state index in [1.807, 2.05) is 0 Å². The van der Waals surface area contributed by atoms with Gasteiger partial charge in [-0.2, -0.15) is 1.33 Å². The normalized spacial score (nSPS) is 23.2. The van der Waals surface area contributed by atoms with E-state index >= 15 is 0 Å². The number of nitrogens with zero attached hydrogens (tertiary/aromatic N) is 1. The molecule has 66 valence electrons. The van der Waals surface area contributed by atoms with Crippen LogP contribution in [0.2, 0.25) is 0 Å². The summed E-state index contributed by atoms with van der Waals surface area (Å²) in [4.78, 5) is 0. The van der Waals surface area contributed by atoms with E-state index in [1.54, 1.807) is 0 Å². The van der Waals surface area contributed by atoms with E-state index in [-0.39, 0.29) is 0 Å². The molecule has 0 spiro atoms. The van der Waals surface area contributed by atoms with Crippen molar-refractivity contribution in [3.63, 3.8) is 0 Å². The van der Waals surface area contributed by atoms with Crippen LogP contribution < -0.4 is 0 Å². The van der Waals surface area contributed by atoms with Crippen LogP contribution in [0, 0.1) is 0 Å². The van der Waals surface area contributed by atoms with Gasteiger partial charge in [-0.1, -0.05) is 32.1 Å². The van der Waals surface area contributed by atoms with Gasteiger partial charge in [-0.3, -0.25) is 0 Å². The maximum Gasteiger partial charge on any atom is 0.0311 e. The summed E-state index contributed by atoms with van der Waals surface area (Å²) in [7, 11) is 0. The molecule has 0 saturated heterocycles. The average molecular weight is 379 g/mol. The highest BCUT2D eigenvalue weighted by molar-refractivity contribution is 14.2. The summed E-state index contributed by atoms with van der Waals surface area (Å²) in [6, 6.07) is 0.844. The van der Waals surface area contributed by atoms with Crippen molar-refractivity contribution in [3.05, 3.63) is 0 Å². The van der Waals surface area contributed by atoms with Crippen LogP contribution in [0.25, 0.3) is 0 Å². The van der Waals surface area contributed by atoms with E-state index in [1.165, 1.54) is 44.9 Å². The Morgan fingerprint density at radius 2 is 1.27 bits per heavy atom. The third-order valence-electron chi connectivity index (χ3n) is 2.35. The van der Waals surface area contributed by atoms with E-state index in [2.05, 4.69) is 47.1 Å². The molecule has 0 unspecified atom stereocenters. The van der Waals surface area contributed by atoms with Gasteiger partial charge in [0, 0.05) is 51.8 Å². The van der Waals surface area contributed by atoms with Crippen LogP contribution in [0.3, 0.4) is 0 Å². The predicted molar refractivity (Wildman–Crippen MR) is 66.0 cm³/mol. The highest BCUT2D eigenvalue weighted by atomic mass is 127. The van der Waals surface area contributed by atoms with Crippen LogP contribution in [-0.4, -0.2) is 7.37 Å². The smallest absolute Gasteiger partial charge is 0.0311 e. The number of hydrogen-bond acceptors (Lipinski definition) is 1. The van der Waals surface area contributed by atoms with Crippen LogP contribution >= 0.6 is 45.7 Å². The Balaban J connectivity index is 2.26. The maximum atomic E-state index is 2.41. The Morgan fingerprint density at radius 1 is 0.818 bits per heavy atom. The van der Waals surface area contributed by atoms with Gasteiger partial charge in [0.25, 0.3) is 0 Å². The number of hydrogen-bond donors (Lipinski definition) is 0. The fourth-order valence-electron chi connectivity index (χ4n) is 1.63. The first-order valence-corrected chi connectivity index (χ1v) is 6.34. The van der Waals surface area contributed by atoms with E-state index in [9.17, 15) is 0 Å². The third kappa shape index (κ3) is 4.26. The van der Waals surface area contributed by atoms with Gasteiger partial charge in [0.05, 0.1) is 0 Å². The molecule has 1 aliphatic carbocycles. The van der Waals surface area contributed by atoms with E-state index in [4.69, 9.17) is 0 Å². The summed E-state index contributed by atoms with van der Waals surface area (Å²) in [6.45, 7) is 0. The molecule has 0 aromatic heterocycles. The second-order valence-corrected chi connectivity index (χ2v) is 7.18. The summed E-state index contributed by atoms with van der Waals surface area (Å²) in [5.74, 6) is 0. The van der Waals surface area contributed by atoms with Crippen molar-refractivity contribution in [3.8, 4) is 0 Å². The van der Waals surface area contributed by atoms with Gasteiger partial charge in [-0.05, 0) is 12.8 Å². The first-order chi connectivity index (χ1) is 5.30. The molecule has 1 rings (SSSR count). The summed E-state index contributed by atoms with van der Waals surface area (Å²) < 4.78 is 2.33. The van der Waals surface area contributed by atoms with Gasteiger partial charge in [-0.25, -0.2) is 0 Å². The quantitative estimate of drug-likeness (QED) is 0.490. The molecule has 1 saturated carbocycles. The molecule has 0 aromatic carbocycles. The lowest BCUT2D eigenvalue weighted by Crippen LogP contribution is -2.19. The molecule has 1 fully saturated rings. The summed E-state index contributed by atoms with van der Waals surface area (Å²) in [6.07, 6.45) is 10.1. The van der Waals surface area contributed by atoms with E-state index in [0.29, 0.717) is 0 Å². The molecule has 0 aromatic rings. The molecule has 0 radical (unpaired) electrons. The highest BCUT2D eigenvalue weighted by Gasteiger charge is 2.14. The fraction of sp³-hybridized carbons (Fsp3) is 1.00. The zero-order valence-corrected chi connectivity index (χ0v) is 11.0. The second kappa shape index (κ2) is 5.96. The zero-order valence-electron chi connectivity index (χ0n) is 6.73. The molecule has 1 aliphatic rings. The topological polar surface area (TPSA) is 3.24 Å². The van der Waals surface area contributed by atoms with Crippen molar-refractivity contribution in [2.75, 3.05) is 0 Å². The van der Waals surface area contributed by atoms with Crippen molar-refractivity contribution >= 4 is 45.7 Å². The van der Waals surface area contributed by atoms with Crippen molar-refractivity contribution in [2.24, 2.45) is 0 Å². The van der Waals surface area contributed by atoms with Crippen LogP contribution in [0.5, 0.6) is 0 Å². The van der Waals surface area contributed by atoms with E-state index in [0.717, 1.165) is 6.04 Å². The van der Waals surface area contributed by atoms with Gasteiger partial charge < -0.3 is 0 Å². The van der Waals surface area contributed by atoms with Gasteiger partial charge >= 0.3 is 0 Å². The monoisotopic (exact) mass is 379 g/mol. The maximum absolute atomic E-state index is 2.41. The molecule has 11 heavy (non-hydrogen) atoms. The lowest BCUT2D eigenvalue weighted by molar-refractivity contribution is 0.404. The minimum absolute atomic E-state index is 0.844. The van der Waals surface area contributed by atoms with Crippen LogP contribution in [0.1, 0.15) is 44.9 Å². The Bertz CT molecular complexity index is 98.3. The molecule has 0 atom stereocenters. The Kier molecular flexibility index (Phi) is 5.69. The molecule has 1 nitrogen and oxygen atoms in total. The van der Waals surface area contributed by atoms with Crippen LogP contribution in [0.15, 0.2) is 0 Å². The Labute approximate surface area is 97.3 Å². The molecule has 0 aliphatic heterocycles. The lowest BCUT2D eigenvalue weighted by atomic mass is 9.98. The Hall–Kier alpha value is 1.42. The molecule has 3 heteroatoms. The third-order valence-corrected chi connectivity index (χ3v) is 3.93. The standard InChI is InChI=1S/C8H15I2N/c9-11(10)8-6-4-2-1-3-5-7-8/h8H,1-7H2. The highest BCUT2D eigenvalue weighted by Crippen LogP contribution is 2.26. The number of rotatable bonds is 1. The minimum Gasteiger partial charge on any atom is -0.185 e. The molecule has 0 bridgehead atoms. The SMILES string of the molecule is IN(I)C1CCCCCCC1. The predicted octanol–water partition coefficient (Wildman–Crippen LogP) is 4.10. The molecule has 0 N–H and O–H groups in total. The van der Waals surface area contributed by atoms with Gasteiger partial charge in [0.15, 0.2) is 0 Å². The minimum atomic E-state index is 0.844. The first kappa shape index (κ1) is 10.5. The fourth-order valence-corrected chi connectivity index (χ4v) is 2.74. The zero-order chi connectivity index (χ0) is 8.10. The largest absolute Gasteiger partial charge is 0.185 e. The Morgan fingerprint density at radius 3 is 1.73 bits per heavy atom. The molecular formula is C8H15I2N. The summed E-state index contributed by atoms with van der Waals surface area (Å²) in [5, 5.41) is 0. The van der Waals surface area contributed by atoms with Crippen LogP contribution in [-0.2, 0) is 0 Å². The molecule has 0 amide bonds. The summed E-state index contributed by atoms with van der Waals surface area (Å²) >= 11 is 4.82. The molecular weight excluding hydrogens is 364 g/mol.